The molecule has 0 aliphatic carbocycles. The highest BCUT2D eigenvalue weighted by Crippen LogP contribution is 2.34. The van der Waals surface area contributed by atoms with Gasteiger partial charge >= 0.3 is 0 Å². The maximum Gasteiger partial charge on any atom is 0.248 e. The number of hydrogen-bond acceptors (Lipinski definition) is 6. The zero-order chi connectivity index (χ0) is 20.4. The standard InChI is InChI=1S/C22H21N3O4/c1-14-12-20(26)25(24-14)13-19-23-21(15-4-8-17(27-2)9-5-15)22(29-19)16-6-10-18(28-3)11-7-16/h4-11H,12-13H2,1-3H3. The van der Waals surface area contributed by atoms with Crippen LogP contribution in [-0.4, -0.2) is 35.8 Å². The van der Waals surface area contributed by atoms with Gasteiger partial charge in [-0.05, 0) is 55.5 Å². The van der Waals surface area contributed by atoms with Crippen molar-refractivity contribution in [2.45, 2.75) is 19.9 Å². The zero-order valence-electron chi connectivity index (χ0n) is 16.5. The summed E-state index contributed by atoms with van der Waals surface area (Å²) in [4.78, 5) is 16.8. The van der Waals surface area contributed by atoms with Crippen LogP contribution in [0.3, 0.4) is 0 Å². The largest absolute Gasteiger partial charge is 0.497 e. The Hall–Kier alpha value is -3.61. The van der Waals surface area contributed by atoms with Crippen LogP contribution in [0.1, 0.15) is 19.2 Å². The van der Waals surface area contributed by atoms with Gasteiger partial charge in [-0.25, -0.2) is 9.99 Å². The van der Waals surface area contributed by atoms with Gasteiger partial charge in [0.25, 0.3) is 0 Å². The molecule has 1 aliphatic rings. The van der Waals surface area contributed by atoms with E-state index in [0.29, 0.717) is 23.8 Å². The first-order chi connectivity index (χ1) is 14.1. The number of rotatable bonds is 6. The first-order valence-corrected chi connectivity index (χ1v) is 9.20. The van der Waals surface area contributed by atoms with Gasteiger partial charge in [0.05, 0.1) is 20.6 Å². The van der Waals surface area contributed by atoms with E-state index >= 15 is 0 Å². The van der Waals surface area contributed by atoms with Crippen molar-refractivity contribution in [1.29, 1.82) is 0 Å². The Kier molecular flexibility index (Phi) is 5.03. The molecular formula is C22H21N3O4. The van der Waals surface area contributed by atoms with E-state index in [9.17, 15) is 4.79 Å². The van der Waals surface area contributed by atoms with Gasteiger partial charge in [0.1, 0.15) is 23.7 Å². The van der Waals surface area contributed by atoms with Crippen molar-refractivity contribution in [3.05, 3.63) is 54.4 Å². The molecule has 0 N–H and O–H groups in total. The number of carbonyl (C=O) groups is 1. The highest BCUT2D eigenvalue weighted by molar-refractivity contribution is 6.03. The summed E-state index contributed by atoms with van der Waals surface area (Å²) in [5, 5.41) is 5.66. The number of oxazole rings is 1. The highest BCUT2D eigenvalue weighted by atomic mass is 16.5. The fraction of sp³-hybridized carbons (Fsp3) is 0.227. The molecule has 0 spiro atoms. The number of carbonyl (C=O) groups excluding carboxylic acids is 1. The van der Waals surface area contributed by atoms with Crippen molar-refractivity contribution in [3.63, 3.8) is 0 Å². The average molecular weight is 391 g/mol. The molecule has 0 atom stereocenters. The third kappa shape index (κ3) is 3.85. The minimum atomic E-state index is -0.0577. The van der Waals surface area contributed by atoms with Crippen LogP contribution >= 0.6 is 0 Å². The lowest BCUT2D eigenvalue weighted by Crippen LogP contribution is -2.20. The van der Waals surface area contributed by atoms with Crippen molar-refractivity contribution in [2.24, 2.45) is 5.10 Å². The summed E-state index contributed by atoms with van der Waals surface area (Å²) in [6.07, 6.45) is 0.331. The summed E-state index contributed by atoms with van der Waals surface area (Å²) in [6, 6.07) is 15.2. The zero-order valence-corrected chi connectivity index (χ0v) is 16.5. The Balaban J connectivity index is 1.74. The molecule has 2 aromatic carbocycles. The molecule has 29 heavy (non-hydrogen) atoms. The SMILES string of the molecule is COc1ccc(-c2nc(CN3N=C(C)CC3=O)oc2-c2ccc(OC)cc2)cc1. The van der Waals surface area contributed by atoms with Crippen LogP contribution in [0.25, 0.3) is 22.6 Å². The van der Waals surface area contributed by atoms with E-state index in [2.05, 4.69) is 10.1 Å². The molecule has 0 saturated heterocycles. The molecule has 7 heteroatoms. The Morgan fingerprint density at radius 1 is 0.966 bits per heavy atom. The van der Waals surface area contributed by atoms with Gasteiger partial charge in [0, 0.05) is 16.8 Å². The van der Waals surface area contributed by atoms with Crippen molar-refractivity contribution in [1.82, 2.24) is 9.99 Å². The van der Waals surface area contributed by atoms with Gasteiger partial charge in [-0.1, -0.05) is 0 Å². The first kappa shape index (κ1) is 18.7. The van der Waals surface area contributed by atoms with Gasteiger partial charge in [0.2, 0.25) is 11.8 Å². The molecule has 1 aliphatic heterocycles. The Labute approximate surface area is 168 Å². The normalized spacial score (nSPS) is 13.6. The van der Waals surface area contributed by atoms with Crippen molar-refractivity contribution >= 4 is 11.6 Å². The molecule has 3 aromatic rings. The Bertz CT molecular complexity index is 988. The van der Waals surface area contributed by atoms with Crippen LogP contribution in [0, 0.1) is 0 Å². The van der Waals surface area contributed by atoms with Gasteiger partial charge in [-0.15, -0.1) is 0 Å². The molecule has 7 nitrogen and oxygen atoms in total. The quantitative estimate of drug-likeness (QED) is 0.631. The lowest BCUT2D eigenvalue weighted by Gasteiger charge is -2.08. The first-order valence-electron chi connectivity index (χ1n) is 9.20. The molecule has 2 heterocycles. The maximum atomic E-state index is 12.1. The molecule has 4 rings (SSSR count). The predicted octanol–water partition coefficient (Wildman–Crippen LogP) is 4.13. The van der Waals surface area contributed by atoms with E-state index < -0.39 is 0 Å². The van der Waals surface area contributed by atoms with E-state index in [0.717, 1.165) is 28.3 Å². The van der Waals surface area contributed by atoms with Gasteiger partial charge in [-0.2, -0.15) is 5.10 Å². The van der Waals surface area contributed by atoms with Gasteiger partial charge < -0.3 is 13.9 Å². The van der Waals surface area contributed by atoms with E-state index in [-0.39, 0.29) is 12.5 Å². The summed E-state index contributed by atoms with van der Waals surface area (Å²) in [5.41, 5.74) is 3.23. The predicted molar refractivity (Wildman–Crippen MR) is 109 cm³/mol. The number of amides is 1. The van der Waals surface area contributed by atoms with Gasteiger partial charge in [-0.3, -0.25) is 4.79 Å². The van der Waals surface area contributed by atoms with Gasteiger partial charge in [0.15, 0.2) is 5.76 Å². The van der Waals surface area contributed by atoms with Crippen LogP contribution in [0.4, 0.5) is 0 Å². The monoisotopic (exact) mass is 391 g/mol. The number of ether oxygens (including phenoxy) is 2. The summed E-state index contributed by atoms with van der Waals surface area (Å²) >= 11 is 0. The smallest absolute Gasteiger partial charge is 0.248 e. The third-order valence-corrected chi connectivity index (χ3v) is 4.66. The van der Waals surface area contributed by atoms with Crippen LogP contribution in [0.15, 0.2) is 58.0 Å². The Morgan fingerprint density at radius 3 is 2.07 bits per heavy atom. The third-order valence-electron chi connectivity index (χ3n) is 4.66. The fourth-order valence-electron chi connectivity index (χ4n) is 3.17. The molecule has 0 radical (unpaired) electrons. The second kappa shape index (κ2) is 7.79. The number of hydrazone groups is 1. The summed E-state index contributed by atoms with van der Waals surface area (Å²) in [6.45, 7) is 2.02. The molecule has 0 bridgehead atoms. The lowest BCUT2D eigenvalue weighted by atomic mass is 10.1. The van der Waals surface area contributed by atoms with Crippen molar-refractivity contribution < 1.29 is 18.7 Å². The van der Waals surface area contributed by atoms with Crippen LogP contribution < -0.4 is 9.47 Å². The molecular weight excluding hydrogens is 370 g/mol. The summed E-state index contributed by atoms with van der Waals surface area (Å²) in [5.74, 6) is 2.51. The molecule has 1 aromatic heterocycles. The second-order valence-electron chi connectivity index (χ2n) is 6.71. The van der Waals surface area contributed by atoms with Crippen LogP contribution in [0.2, 0.25) is 0 Å². The topological polar surface area (TPSA) is 77.2 Å². The molecule has 0 unspecified atom stereocenters. The minimum Gasteiger partial charge on any atom is -0.497 e. The van der Waals surface area contributed by atoms with Crippen LogP contribution in [0.5, 0.6) is 11.5 Å². The van der Waals surface area contributed by atoms with E-state index in [1.165, 1.54) is 5.01 Å². The number of methoxy groups -OCH3 is 2. The minimum absolute atomic E-state index is 0.0577. The lowest BCUT2D eigenvalue weighted by molar-refractivity contribution is -0.129. The van der Waals surface area contributed by atoms with E-state index in [1.54, 1.807) is 14.2 Å². The highest BCUT2D eigenvalue weighted by Gasteiger charge is 2.25. The molecule has 148 valence electrons. The molecule has 0 saturated carbocycles. The average Bonchev–Trinajstić information content (AvgIpc) is 3.31. The number of benzene rings is 2. The number of aromatic nitrogens is 1. The van der Waals surface area contributed by atoms with Crippen molar-refractivity contribution in [3.8, 4) is 34.1 Å². The van der Waals surface area contributed by atoms with E-state index in [1.807, 2.05) is 55.5 Å². The molecule has 0 fully saturated rings. The maximum absolute atomic E-state index is 12.1. The second-order valence-corrected chi connectivity index (χ2v) is 6.71. The van der Waals surface area contributed by atoms with E-state index in [4.69, 9.17) is 13.9 Å². The fourth-order valence-corrected chi connectivity index (χ4v) is 3.17. The summed E-state index contributed by atoms with van der Waals surface area (Å²) in [7, 11) is 3.25. The van der Waals surface area contributed by atoms with Crippen LogP contribution in [-0.2, 0) is 11.3 Å². The number of hydrogen-bond donors (Lipinski definition) is 0. The summed E-state index contributed by atoms with van der Waals surface area (Å²) < 4.78 is 16.6. The van der Waals surface area contributed by atoms with Crippen molar-refractivity contribution in [2.75, 3.05) is 14.2 Å². The molecule has 1 amide bonds. The Morgan fingerprint density at radius 2 is 1.55 bits per heavy atom. The number of nitrogens with zero attached hydrogens (tertiary/aromatic N) is 3.